The Morgan fingerprint density at radius 1 is 1.00 bits per heavy atom. The summed E-state index contributed by atoms with van der Waals surface area (Å²) in [6, 6.07) is 18.0. The molecule has 1 unspecified atom stereocenters. The van der Waals surface area contributed by atoms with Crippen molar-refractivity contribution >= 4 is 28.7 Å². The van der Waals surface area contributed by atoms with E-state index < -0.39 is 11.9 Å². The summed E-state index contributed by atoms with van der Waals surface area (Å²) in [4.78, 5) is 41.8. The van der Waals surface area contributed by atoms with Gasteiger partial charge in [-0.3, -0.25) is 14.4 Å². The highest BCUT2D eigenvalue weighted by Gasteiger charge is 2.39. The van der Waals surface area contributed by atoms with Crippen LogP contribution in [-0.2, 0) is 4.79 Å². The van der Waals surface area contributed by atoms with Crippen molar-refractivity contribution in [1.82, 2.24) is 4.98 Å². The van der Waals surface area contributed by atoms with Gasteiger partial charge < -0.3 is 19.2 Å². The minimum absolute atomic E-state index is 0.0427. The van der Waals surface area contributed by atoms with Crippen LogP contribution in [0.3, 0.4) is 0 Å². The van der Waals surface area contributed by atoms with E-state index in [-0.39, 0.29) is 29.3 Å². The first kappa shape index (κ1) is 21.9. The number of rotatable bonds is 3. The van der Waals surface area contributed by atoms with E-state index in [0.717, 1.165) is 22.0 Å². The van der Waals surface area contributed by atoms with Gasteiger partial charge in [-0.15, -0.1) is 0 Å². The zero-order valence-corrected chi connectivity index (χ0v) is 19.6. The van der Waals surface area contributed by atoms with Crippen molar-refractivity contribution in [2.24, 2.45) is 0 Å². The van der Waals surface area contributed by atoms with Crippen LogP contribution in [0.2, 0.25) is 0 Å². The number of methoxy groups -OCH3 is 1. The fourth-order valence-electron chi connectivity index (χ4n) is 4.88. The number of hydrogen-bond acceptors (Lipinski definition) is 6. The number of carbonyl (C=O) groups excluding carboxylic acids is 2. The van der Waals surface area contributed by atoms with Gasteiger partial charge in [0, 0.05) is 17.0 Å². The Labute approximate surface area is 205 Å². The van der Waals surface area contributed by atoms with Gasteiger partial charge in [-0.05, 0) is 59.8 Å². The van der Waals surface area contributed by atoms with Gasteiger partial charge >= 0.3 is 5.97 Å². The third-order valence-corrected chi connectivity index (χ3v) is 6.69. The molecule has 4 aromatic rings. The second kappa shape index (κ2) is 8.23. The number of para-hydroxylation sites is 1. The molecule has 36 heavy (non-hydrogen) atoms. The molecule has 3 heterocycles. The van der Waals surface area contributed by atoms with Crippen LogP contribution in [-0.4, -0.2) is 23.8 Å². The number of fused-ring (bicyclic) bond motifs is 4. The molecule has 7 heteroatoms. The first-order valence-electron chi connectivity index (χ1n) is 11.5. The van der Waals surface area contributed by atoms with Gasteiger partial charge in [0.05, 0.1) is 24.6 Å². The first-order chi connectivity index (χ1) is 17.4. The molecule has 1 aromatic heterocycles. The van der Waals surface area contributed by atoms with Crippen LogP contribution in [0.5, 0.6) is 17.2 Å². The third kappa shape index (κ3) is 3.48. The Kier molecular flexibility index (Phi) is 5.00. The molecule has 0 bridgehead atoms. The van der Waals surface area contributed by atoms with E-state index in [4.69, 9.17) is 14.2 Å². The summed E-state index contributed by atoms with van der Waals surface area (Å²) in [7, 11) is 1.59. The molecule has 2 aliphatic rings. The molecule has 7 nitrogen and oxygen atoms in total. The highest BCUT2D eigenvalue weighted by molar-refractivity contribution is 6.15. The quantitative estimate of drug-likeness (QED) is 0.255. The van der Waals surface area contributed by atoms with Crippen molar-refractivity contribution in [3.05, 3.63) is 105 Å². The van der Waals surface area contributed by atoms with E-state index in [0.29, 0.717) is 28.2 Å². The fraction of sp³-hybridized carbons (Fsp3) is 0.138. The van der Waals surface area contributed by atoms with Crippen LogP contribution in [0.25, 0.3) is 17.0 Å². The molecule has 0 radical (unpaired) electrons. The Bertz CT molecular complexity index is 1660. The second-order valence-electron chi connectivity index (χ2n) is 8.89. The van der Waals surface area contributed by atoms with E-state index >= 15 is 0 Å². The number of ketones is 1. The summed E-state index contributed by atoms with van der Waals surface area (Å²) in [6.45, 7) is 1.92. The van der Waals surface area contributed by atoms with E-state index in [9.17, 15) is 14.4 Å². The predicted molar refractivity (Wildman–Crippen MR) is 134 cm³/mol. The largest absolute Gasteiger partial charge is 0.497 e. The maximum absolute atomic E-state index is 13.2. The molecule has 1 N–H and O–H groups in total. The molecule has 0 aliphatic carbocycles. The Morgan fingerprint density at radius 2 is 1.81 bits per heavy atom. The summed E-state index contributed by atoms with van der Waals surface area (Å²) < 4.78 is 16.8. The Hall–Kier alpha value is -4.65. The Morgan fingerprint density at radius 3 is 2.58 bits per heavy atom. The number of aromatic amines is 1. The van der Waals surface area contributed by atoms with Crippen LogP contribution in [0.1, 0.15) is 45.0 Å². The zero-order chi connectivity index (χ0) is 25.0. The average molecular weight is 479 g/mol. The van der Waals surface area contributed by atoms with Crippen molar-refractivity contribution in [2.75, 3.05) is 7.11 Å². The van der Waals surface area contributed by atoms with Crippen molar-refractivity contribution < 1.29 is 23.8 Å². The molecule has 0 saturated carbocycles. The van der Waals surface area contributed by atoms with Gasteiger partial charge in [-0.1, -0.05) is 30.3 Å². The third-order valence-electron chi connectivity index (χ3n) is 6.69. The van der Waals surface area contributed by atoms with E-state index in [1.54, 1.807) is 43.5 Å². The van der Waals surface area contributed by atoms with Gasteiger partial charge in [0.15, 0.2) is 5.76 Å². The number of H-pyrrole nitrogens is 1. The fourth-order valence-corrected chi connectivity index (χ4v) is 4.88. The summed E-state index contributed by atoms with van der Waals surface area (Å²) >= 11 is 0. The maximum atomic E-state index is 13.2. The maximum Gasteiger partial charge on any atom is 0.312 e. The van der Waals surface area contributed by atoms with Crippen LogP contribution in [0.15, 0.2) is 71.2 Å². The number of nitrogens with one attached hydrogen (secondary N) is 1. The smallest absolute Gasteiger partial charge is 0.312 e. The van der Waals surface area contributed by atoms with Gasteiger partial charge in [0.1, 0.15) is 17.2 Å². The lowest BCUT2D eigenvalue weighted by Crippen LogP contribution is -2.26. The molecule has 6 rings (SSSR count). The lowest BCUT2D eigenvalue weighted by molar-refractivity contribution is -0.135. The number of benzene rings is 3. The predicted octanol–water partition coefficient (Wildman–Crippen LogP) is 4.90. The lowest BCUT2D eigenvalue weighted by Gasteiger charge is -2.26. The number of carbonyl (C=O) groups is 2. The van der Waals surface area contributed by atoms with Crippen LogP contribution < -0.4 is 19.8 Å². The minimum atomic E-state index is -0.627. The summed E-state index contributed by atoms with van der Waals surface area (Å²) in [6.07, 6.45) is 1.61. The summed E-state index contributed by atoms with van der Waals surface area (Å²) in [5.41, 5.74) is 3.48. The van der Waals surface area contributed by atoms with Crippen molar-refractivity contribution in [3.8, 4) is 17.2 Å². The molecule has 178 valence electrons. The molecule has 2 aliphatic heterocycles. The number of esters is 1. The number of Topliss-reactive ketones (excluding diaryl/α,β-unsaturated/α-hetero) is 1. The van der Waals surface area contributed by atoms with Crippen molar-refractivity contribution in [3.63, 3.8) is 0 Å². The Balaban J connectivity index is 1.48. The highest BCUT2D eigenvalue weighted by Crippen LogP contribution is 2.48. The summed E-state index contributed by atoms with van der Waals surface area (Å²) in [5.74, 6) is 0.112. The molecule has 0 spiro atoms. The number of aryl methyl sites for hydroxylation is 1. The number of allylic oxidation sites excluding steroid dienone is 1. The van der Waals surface area contributed by atoms with Gasteiger partial charge in [-0.2, -0.15) is 0 Å². The summed E-state index contributed by atoms with van der Waals surface area (Å²) in [5, 5.41) is 0.856. The number of pyridine rings is 1. The average Bonchev–Trinajstić information content (AvgIpc) is 3.19. The zero-order valence-electron chi connectivity index (χ0n) is 19.6. The monoisotopic (exact) mass is 479 g/mol. The molecular weight excluding hydrogens is 458 g/mol. The molecule has 1 atom stereocenters. The molecule has 0 fully saturated rings. The number of hydrogen-bond donors (Lipinski definition) is 1. The number of aromatic nitrogens is 1. The minimum Gasteiger partial charge on any atom is -0.497 e. The lowest BCUT2D eigenvalue weighted by atomic mass is 9.84. The van der Waals surface area contributed by atoms with Gasteiger partial charge in [0.2, 0.25) is 5.78 Å². The van der Waals surface area contributed by atoms with E-state index in [2.05, 4.69) is 4.98 Å². The highest BCUT2D eigenvalue weighted by atomic mass is 16.5. The SMILES string of the molecule is COc1ccc(C=C2Oc3c(ccc4c3C(c3cc5cccc(C)c5[nH]c3=O)CC(=O)O4)C2=O)cc1. The molecular formula is C29H21NO6. The molecule has 0 saturated heterocycles. The van der Waals surface area contributed by atoms with Crippen LogP contribution >= 0.6 is 0 Å². The molecule has 0 amide bonds. The standard InChI is InChI=1S/C29H21NO6/c1-15-4-3-5-17-13-21(29(33)30-26(15)17)20-14-24(31)35-22-11-10-19-27(32)23(36-28(19)25(20)22)12-16-6-8-18(34-2)9-7-16/h3-13,20H,14H2,1-2H3,(H,30,33). The van der Waals surface area contributed by atoms with E-state index in [1.807, 2.05) is 37.3 Å². The normalized spacial score (nSPS) is 17.5. The molecule has 3 aromatic carbocycles. The van der Waals surface area contributed by atoms with Gasteiger partial charge in [0.25, 0.3) is 5.56 Å². The van der Waals surface area contributed by atoms with Crippen molar-refractivity contribution in [1.29, 1.82) is 0 Å². The van der Waals surface area contributed by atoms with Crippen LogP contribution in [0.4, 0.5) is 0 Å². The van der Waals surface area contributed by atoms with Crippen molar-refractivity contribution in [2.45, 2.75) is 19.3 Å². The van der Waals surface area contributed by atoms with E-state index in [1.165, 1.54) is 0 Å². The van der Waals surface area contributed by atoms with Gasteiger partial charge in [-0.25, -0.2) is 0 Å². The first-order valence-corrected chi connectivity index (χ1v) is 11.5. The number of ether oxygens (including phenoxy) is 3. The topological polar surface area (TPSA) is 94.7 Å². The van der Waals surface area contributed by atoms with Crippen LogP contribution in [0, 0.1) is 6.92 Å². The second-order valence-corrected chi connectivity index (χ2v) is 8.89.